The van der Waals surface area contributed by atoms with E-state index in [0.717, 1.165) is 16.7 Å². The fourth-order valence-electron chi connectivity index (χ4n) is 1.46. The Morgan fingerprint density at radius 1 is 1.20 bits per heavy atom. The highest BCUT2D eigenvalue weighted by atomic mass is 16.3. The fraction of sp³-hybridized carbons (Fsp3) is 0.455. The van der Waals surface area contributed by atoms with Gasteiger partial charge in [0.15, 0.2) is 0 Å². The zero-order chi connectivity index (χ0) is 10.9. The zero-order valence-electron chi connectivity index (χ0n) is 9.28. The summed E-state index contributed by atoms with van der Waals surface area (Å²) in [5, 5.41) is 19.3. The van der Waals surface area contributed by atoms with E-state index in [2.05, 4.69) is 0 Å². The van der Waals surface area contributed by atoms with Crippen molar-refractivity contribution in [3.8, 4) is 5.75 Å². The van der Waals surface area contributed by atoms with E-state index in [4.69, 9.17) is 5.73 Å². The minimum atomic E-state index is -0.673. The molecule has 0 saturated carbocycles. The van der Waals surface area contributed by atoms with Crippen LogP contribution in [-0.2, 0) is 0 Å². The van der Waals surface area contributed by atoms with Crippen LogP contribution < -0.4 is 5.73 Å². The summed E-state index contributed by atoms with van der Waals surface area (Å²) in [6.07, 6.45) is -0.673. The van der Waals surface area contributed by atoms with E-state index in [9.17, 15) is 10.2 Å². The maximum Gasteiger partial charge on any atom is 0.121 e. The van der Waals surface area contributed by atoms with E-state index < -0.39 is 6.10 Å². The Hall–Kier alpha value is -1.10. The van der Waals surface area contributed by atoms with Crippen molar-refractivity contribution in [2.24, 2.45) is 5.73 Å². The molecule has 0 saturated heterocycles. The Morgan fingerprint density at radius 2 is 1.60 bits per heavy atom. The molecule has 0 heterocycles. The van der Waals surface area contributed by atoms with Crippen LogP contribution in [0.3, 0.4) is 0 Å². The summed E-state index contributed by atoms with van der Waals surface area (Å²) in [5.74, 6) is 0.283. The molecule has 0 radical (unpaired) electrons. The van der Waals surface area contributed by atoms with Gasteiger partial charge in [-0.25, -0.2) is 0 Å². The molecule has 0 aliphatic carbocycles. The van der Waals surface area contributed by atoms with Gasteiger partial charge >= 0.3 is 0 Å². The third kappa shape index (κ3) is 2.92. The van der Waals surface area contributed by atoms with Crippen LogP contribution in [-0.4, -0.2) is 21.7 Å². The lowest BCUT2D eigenvalue weighted by molar-refractivity contribution is 0.153. The molecule has 6 N–H and O–H groups in total. The molecule has 2 atom stereocenters. The average molecular weight is 213 g/mol. The molecule has 0 aromatic heterocycles. The number of benzene rings is 1. The number of hydrogen-bond acceptors (Lipinski definition) is 3. The van der Waals surface area contributed by atoms with Gasteiger partial charge in [-0.15, -0.1) is 0 Å². The van der Waals surface area contributed by atoms with Gasteiger partial charge in [-0.05, 0) is 49.6 Å². The quantitative estimate of drug-likeness (QED) is 0.669. The van der Waals surface area contributed by atoms with Gasteiger partial charge in [0.1, 0.15) is 5.75 Å². The number of aliphatic hydroxyl groups excluding tert-OH is 1. The molecular weight excluding hydrogens is 194 g/mol. The van der Waals surface area contributed by atoms with Crippen molar-refractivity contribution in [3.05, 3.63) is 28.8 Å². The summed E-state index contributed by atoms with van der Waals surface area (Å²) in [5.41, 5.74) is 7.88. The molecule has 1 rings (SSSR count). The van der Waals surface area contributed by atoms with Gasteiger partial charge in [0.2, 0.25) is 0 Å². The molecule has 0 aliphatic rings. The molecule has 4 heteroatoms. The van der Waals surface area contributed by atoms with Crippen LogP contribution in [0.15, 0.2) is 12.1 Å². The Morgan fingerprint density at radius 3 is 1.93 bits per heavy atom. The van der Waals surface area contributed by atoms with Crippen LogP contribution in [0.5, 0.6) is 5.75 Å². The molecular formula is C11H19NO3. The van der Waals surface area contributed by atoms with Crippen LogP contribution in [0.2, 0.25) is 0 Å². The number of nitrogens with two attached hydrogens (primary N) is 1. The van der Waals surface area contributed by atoms with E-state index in [1.807, 2.05) is 0 Å². The number of phenols is 1. The van der Waals surface area contributed by atoms with Gasteiger partial charge in [0.25, 0.3) is 0 Å². The summed E-state index contributed by atoms with van der Waals surface area (Å²) in [6, 6.07) is 3.21. The monoisotopic (exact) mass is 213 g/mol. The Balaban J connectivity index is 0.00000196. The minimum absolute atomic E-state index is 0. The van der Waals surface area contributed by atoms with Crippen molar-refractivity contribution in [1.82, 2.24) is 0 Å². The van der Waals surface area contributed by atoms with E-state index in [1.54, 1.807) is 32.9 Å². The van der Waals surface area contributed by atoms with Gasteiger partial charge in [0.05, 0.1) is 6.10 Å². The first-order valence-electron chi connectivity index (χ1n) is 4.67. The molecule has 0 fully saturated rings. The number of aliphatic hydroxyl groups is 1. The highest BCUT2D eigenvalue weighted by molar-refractivity contribution is 5.43. The van der Waals surface area contributed by atoms with Gasteiger partial charge in [0, 0.05) is 6.04 Å². The van der Waals surface area contributed by atoms with Crippen molar-refractivity contribution in [2.45, 2.75) is 32.9 Å². The SMILES string of the molecule is Cc1cc(C(O)C(C)N)cc(C)c1O.O. The second-order valence-corrected chi connectivity index (χ2v) is 3.81. The highest BCUT2D eigenvalue weighted by Gasteiger charge is 2.14. The molecule has 15 heavy (non-hydrogen) atoms. The maximum atomic E-state index is 9.73. The van der Waals surface area contributed by atoms with Crippen molar-refractivity contribution < 1.29 is 15.7 Å². The average Bonchev–Trinajstić information content (AvgIpc) is 2.12. The molecule has 86 valence electrons. The van der Waals surface area contributed by atoms with Crippen molar-refractivity contribution in [3.63, 3.8) is 0 Å². The number of rotatable bonds is 2. The predicted molar refractivity (Wildman–Crippen MR) is 59.8 cm³/mol. The lowest BCUT2D eigenvalue weighted by atomic mass is 9.99. The standard InChI is InChI=1S/C11H17NO2.H2O/c1-6-4-9(11(14)8(3)12)5-7(2)10(6)13;/h4-5,8,11,13-14H,12H2,1-3H3;1H2. The first-order valence-corrected chi connectivity index (χ1v) is 4.67. The molecule has 4 nitrogen and oxygen atoms in total. The third-order valence-electron chi connectivity index (χ3n) is 2.35. The van der Waals surface area contributed by atoms with E-state index >= 15 is 0 Å². The van der Waals surface area contributed by atoms with Crippen LogP contribution in [0.4, 0.5) is 0 Å². The fourth-order valence-corrected chi connectivity index (χ4v) is 1.46. The van der Waals surface area contributed by atoms with Crippen molar-refractivity contribution >= 4 is 0 Å². The topological polar surface area (TPSA) is 98.0 Å². The second kappa shape index (κ2) is 5.11. The van der Waals surface area contributed by atoms with Crippen LogP contribution in [0.25, 0.3) is 0 Å². The van der Waals surface area contributed by atoms with E-state index in [1.165, 1.54) is 0 Å². The molecule has 2 unspecified atom stereocenters. The second-order valence-electron chi connectivity index (χ2n) is 3.81. The molecule has 0 amide bonds. The van der Waals surface area contributed by atoms with E-state index in [-0.39, 0.29) is 17.3 Å². The number of aromatic hydroxyl groups is 1. The summed E-state index contributed by atoms with van der Waals surface area (Å²) in [7, 11) is 0. The minimum Gasteiger partial charge on any atom is -0.507 e. The van der Waals surface area contributed by atoms with Crippen molar-refractivity contribution in [2.75, 3.05) is 0 Å². The van der Waals surface area contributed by atoms with E-state index in [0.29, 0.717) is 0 Å². The normalized spacial score (nSPS) is 14.2. The largest absolute Gasteiger partial charge is 0.507 e. The number of aryl methyl sites for hydroxylation is 2. The number of phenolic OH excluding ortho intramolecular Hbond substituents is 1. The summed E-state index contributed by atoms with van der Waals surface area (Å²) >= 11 is 0. The Kier molecular flexibility index (Phi) is 4.74. The van der Waals surface area contributed by atoms with Gasteiger partial charge in [-0.3, -0.25) is 0 Å². The Bertz CT molecular complexity index is 314. The molecule has 0 aliphatic heterocycles. The summed E-state index contributed by atoms with van der Waals surface area (Å²) in [4.78, 5) is 0. The maximum absolute atomic E-state index is 9.73. The van der Waals surface area contributed by atoms with Crippen LogP contribution >= 0.6 is 0 Å². The summed E-state index contributed by atoms with van der Waals surface area (Å²) < 4.78 is 0. The molecule has 0 spiro atoms. The van der Waals surface area contributed by atoms with Gasteiger partial charge in [-0.1, -0.05) is 0 Å². The summed E-state index contributed by atoms with van der Waals surface area (Å²) in [6.45, 7) is 5.36. The molecule has 0 bridgehead atoms. The third-order valence-corrected chi connectivity index (χ3v) is 2.35. The Labute approximate surface area is 89.7 Å². The molecule has 1 aromatic carbocycles. The smallest absolute Gasteiger partial charge is 0.121 e. The van der Waals surface area contributed by atoms with Crippen LogP contribution in [0, 0.1) is 13.8 Å². The lowest BCUT2D eigenvalue weighted by Crippen LogP contribution is -2.24. The van der Waals surface area contributed by atoms with Gasteiger partial charge in [-0.2, -0.15) is 0 Å². The predicted octanol–water partition coefficient (Wildman–Crippen LogP) is 0.565. The molecule has 1 aromatic rings. The van der Waals surface area contributed by atoms with Gasteiger partial charge < -0.3 is 21.4 Å². The lowest BCUT2D eigenvalue weighted by Gasteiger charge is -2.16. The highest BCUT2D eigenvalue weighted by Crippen LogP contribution is 2.26. The first-order chi connectivity index (χ1) is 6.43. The van der Waals surface area contributed by atoms with Crippen molar-refractivity contribution in [1.29, 1.82) is 0 Å². The number of hydrogen-bond donors (Lipinski definition) is 3. The zero-order valence-corrected chi connectivity index (χ0v) is 9.28. The van der Waals surface area contributed by atoms with Crippen LogP contribution in [0.1, 0.15) is 29.7 Å². The first kappa shape index (κ1) is 13.9.